The summed E-state index contributed by atoms with van der Waals surface area (Å²) in [6.45, 7) is 2.10. The van der Waals surface area contributed by atoms with Gasteiger partial charge in [-0.3, -0.25) is 4.98 Å². The highest BCUT2D eigenvalue weighted by Crippen LogP contribution is 2.33. The number of rotatable bonds is 3. The van der Waals surface area contributed by atoms with Crippen molar-refractivity contribution in [2.24, 2.45) is 5.73 Å². The molecule has 0 radical (unpaired) electrons. The van der Waals surface area contributed by atoms with Crippen molar-refractivity contribution in [1.29, 1.82) is 0 Å². The molecule has 1 aromatic heterocycles. The molecule has 0 saturated heterocycles. The van der Waals surface area contributed by atoms with E-state index in [9.17, 15) is 0 Å². The van der Waals surface area contributed by atoms with Crippen LogP contribution in [0, 0.1) is 0 Å². The molecule has 1 heterocycles. The summed E-state index contributed by atoms with van der Waals surface area (Å²) in [6, 6.07) is 11.9. The smallest absolute Gasteiger partial charge is 0.0450 e. The quantitative estimate of drug-likeness (QED) is 0.870. The van der Waals surface area contributed by atoms with Gasteiger partial charge in [0.1, 0.15) is 0 Å². The number of nitrogens with zero attached hydrogens (tertiary/aromatic N) is 1. The molecule has 1 aromatic carbocycles. The fourth-order valence-corrected chi connectivity index (χ4v) is 3.18. The Kier molecular flexibility index (Phi) is 4.54. The molecule has 0 aliphatic heterocycles. The average Bonchev–Trinajstić information content (AvgIpc) is 2.38. The third kappa shape index (κ3) is 2.99. The van der Waals surface area contributed by atoms with E-state index in [1.165, 1.54) is 0 Å². The van der Waals surface area contributed by atoms with Gasteiger partial charge in [0.2, 0.25) is 0 Å². The minimum Gasteiger partial charge on any atom is -0.323 e. The van der Waals surface area contributed by atoms with Crippen LogP contribution in [0.1, 0.15) is 30.1 Å². The van der Waals surface area contributed by atoms with Gasteiger partial charge >= 0.3 is 0 Å². The highest BCUT2D eigenvalue weighted by atomic mass is 79.9. The topological polar surface area (TPSA) is 38.9 Å². The van der Waals surface area contributed by atoms with E-state index in [1.54, 1.807) is 6.20 Å². The fraction of sp³-hybridized carbons (Fsp3) is 0.214. The zero-order valence-corrected chi connectivity index (χ0v) is 13.1. The van der Waals surface area contributed by atoms with Gasteiger partial charge in [-0.2, -0.15) is 0 Å². The molecular formula is C14H14Br2N2. The molecule has 2 nitrogen and oxygen atoms in total. The molecule has 2 unspecified atom stereocenters. The molecule has 0 saturated carbocycles. The number of halogens is 2. The lowest BCUT2D eigenvalue weighted by Crippen LogP contribution is -2.19. The second-order valence-electron chi connectivity index (χ2n) is 4.23. The maximum atomic E-state index is 6.34. The van der Waals surface area contributed by atoms with Crippen LogP contribution >= 0.6 is 31.9 Å². The van der Waals surface area contributed by atoms with E-state index in [-0.39, 0.29) is 12.0 Å². The Bertz CT molecular complexity index is 529. The van der Waals surface area contributed by atoms with Gasteiger partial charge in [0.15, 0.2) is 0 Å². The Balaban J connectivity index is 2.28. The Labute approximate surface area is 124 Å². The molecule has 2 N–H and O–H groups in total. The summed E-state index contributed by atoms with van der Waals surface area (Å²) in [4.78, 5) is 4.37. The van der Waals surface area contributed by atoms with Crippen molar-refractivity contribution in [1.82, 2.24) is 4.98 Å². The SMILES string of the molecule is CC(c1ccccn1)C(N)c1ccc(Br)cc1Br. The Morgan fingerprint density at radius 3 is 2.56 bits per heavy atom. The largest absolute Gasteiger partial charge is 0.323 e. The molecule has 0 aliphatic carbocycles. The standard InChI is InChI=1S/C14H14Br2N2/c1-9(13-4-2-3-7-18-13)14(17)11-6-5-10(15)8-12(11)16/h2-9,14H,17H2,1H3. The fourth-order valence-electron chi connectivity index (χ4n) is 1.87. The maximum absolute atomic E-state index is 6.34. The molecular weight excluding hydrogens is 356 g/mol. The summed E-state index contributed by atoms with van der Waals surface area (Å²) in [7, 11) is 0. The number of aromatic nitrogens is 1. The van der Waals surface area contributed by atoms with Crippen LogP contribution in [0.3, 0.4) is 0 Å². The molecule has 0 spiro atoms. The minimum atomic E-state index is -0.0811. The lowest BCUT2D eigenvalue weighted by molar-refractivity contribution is 0.582. The molecule has 94 valence electrons. The van der Waals surface area contributed by atoms with Crippen LogP contribution in [-0.4, -0.2) is 4.98 Å². The molecule has 2 aromatic rings. The van der Waals surface area contributed by atoms with Crippen LogP contribution in [0.4, 0.5) is 0 Å². The molecule has 0 bridgehead atoms. The van der Waals surface area contributed by atoms with Crippen molar-refractivity contribution >= 4 is 31.9 Å². The Morgan fingerprint density at radius 1 is 1.17 bits per heavy atom. The van der Waals surface area contributed by atoms with Crippen LogP contribution < -0.4 is 5.73 Å². The van der Waals surface area contributed by atoms with E-state index in [0.717, 1.165) is 20.2 Å². The average molecular weight is 370 g/mol. The first kappa shape index (κ1) is 13.7. The van der Waals surface area contributed by atoms with Crippen molar-refractivity contribution < 1.29 is 0 Å². The summed E-state index contributed by atoms with van der Waals surface area (Å²) < 4.78 is 2.06. The van der Waals surface area contributed by atoms with Gasteiger partial charge in [-0.1, -0.05) is 50.9 Å². The zero-order chi connectivity index (χ0) is 13.1. The lowest BCUT2D eigenvalue weighted by Gasteiger charge is -2.21. The predicted octanol–water partition coefficient (Wildman–Crippen LogP) is 4.41. The van der Waals surface area contributed by atoms with Crippen LogP contribution in [0.5, 0.6) is 0 Å². The second-order valence-corrected chi connectivity index (χ2v) is 6.00. The summed E-state index contributed by atoms with van der Waals surface area (Å²) in [5.41, 5.74) is 8.44. The Morgan fingerprint density at radius 2 is 1.94 bits per heavy atom. The monoisotopic (exact) mass is 368 g/mol. The van der Waals surface area contributed by atoms with Gasteiger partial charge < -0.3 is 5.73 Å². The summed E-state index contributed by atoms with van der Waals surface area (Å²) in [5.74, 6) is 0.170. The van der Waals surface area contributed by atoms with Gasteiger partial charge in [-0.05, 0) is 29.8 Å². The normalized spacial score (nSPS) is 14.2. The first-order chi connectivity index (χ1) is 8.59. The number of hydrogen-bond donors (Lipinski definition) is 1. The van der Waals surface area contributed by atoms with Crippen molar-refractivity contribution in [2.75, 3.05) is 0 Å². The number of nitrogens with two attached hydrogens (primary N) is 1. The number of hydrogen-bond acceptors (Lipinski definition) is 2. The summed E-state index contributed by atoms with van der Waals surface area (Å²) >= 11 is 7.00. The molecule has 2 rings (SSSR count). The number of pyridine rings is 1. The third-order valence-corrected chi connectivity index (χ3v) is 4.19. The van der Waals surface area contributed by atoms with Gasteiger partial charge in [0.25, 0.3) is 0 Å². The molecule has 0 amide bonds. The lowest BCUT2D eigenvalue weighted by atomic mass is 9.92. The van der Waals surface area contributed by atoms with E-state index in [1.807, 2.05) is 36.4 Å². The van der Waals surface area contributed by atoms with Crippen molar-refractivity contribution in [3.63, 3.8) is 0 Å². The van der Waals surface area contributed by atoms with Gasteiger partial charge in [0, 0.05) is 32.8 Å². The van der Waals surface area contributed by atoms with Gasteiger partial charge in [-0.25, -0.2) is 0 Å². The summed E-state index contributed by atoms with van der Waals surface area (Å²) in [5, 5.41) is 0. The highest BCUT2D eigenvalue weighted by molar-refractivity contribution is 9.11. The van der Waals surface area contributed by atoms with Crippen molar-refractivity contribution in [2.45, 2.75) is 18.9 Å². The minimum absolute atomic E-state index is 0.0811. The third-order valence-electron chi connectivity index (χ3n) is 3.01. The van der Waals surface area contributed by atoms with E-state index in [0.29, 0.717) is 0 Å². The van der Waals surface area contributed by atoms with E-state index < -0.39 is 0 Å². The van der Waals surface area contributed by atoms with Gasteiger partial charge in [-0.15, -0.1) is 0 Å². The van der Waals surface area contributed by atoms with E-state index in [4.69, 9.17) is 5.73 Å². The molecule has 18 heavy (non-hydrogen) atoms. The van der Waals surface area contributed by atoms with Crippen LogP contribution in [0.2, 0.25) is 0 Å². The van der Waals surface area contributed by atoms with E-state index in [2.05, 4.69) is 43.8 Å². The first-order valence-corrected chi connectivity index (χ1v) is 7.29. The molecule has 0 aliphatic rings. The van der Waals surface area contributed by atoms with Crippen LogP contribution in [-0.2, 0) is 0 Å². The van der Waals surface area contributed by atoms with E-state index >= 15 is 0 Å². The predicted molar refractivity (Wildman–Crippen MR) is 81.4 cm³/mol. The molecule has 0 fully saturated rings. The highest BCUT2D eigenvalue weighted by Gasteiger charge is 2.19. The zero-order valence-electron chi connectivity index (χ0n) is 9.98. The summed E-state index contributed by atoms with van der Waals surface area (Å²) in [6.07, 6.45) is 1.80. The molecule has 2 atom stereocenters. The van der Waals surface area contributed by atoms with Crippen molar-refractivity contribution in [3.05, 3.63) is 62.8 Å². The maximum Gasteiger partial charge on any atom is 0.0450 e. The Hall–Kier alpha value is -0.710. The van der Waals surface area contributed by atoms with Crippen LogP contribution in [0.15, 0.2) is 51.5 Å². The van der Waals surface area contributed by atoms with Gasteiger partial charge in [0.05, 0.1) is 0 Å². The van der Waals surface area contributed by atoms with Crippen LogP contribution in [0.25, 0.3) is 0 Å². The first-order valence-electron chi connectivity index (χ1n) is 5.71. The molecule has 4 heteroatoms. The number of benzene rings is 1. The van der Waals surface area contributed by atoms with Crippen molar-refractivity contribution in [3.8, 4) is 0 Å². The second kappa shape index (κ2) is 5.95.